The average Bonchev–Trinajstić information content (AvgIpc) is 2.39. The predicted octanol–water partition coefficient (Wildman–Crippen LogP) is 1.47. The van der Waals surface area contributed by atoms with Gasteiger partial charge in [-0.05, 0) is 30.2 Å². The Kier molecular flexibility index (Phi) is 3.61. The van der Waals surface area contributed by atoms with Crippen LogP contribution < -0.4 is 4.68 Å². The molecular weight excluding hydrogens is 246 g/mol. The second-order valence-corrected chi connectivity index (χ2v) is 4.07. The van der Waals surface area contributed by atoms with E-state index in [1.165, 1.54) is 24.3 Å². The van der Waals surface area contributed by atoms with Gasteiger partial charge in [0.1, 0.15) is 5.69 Å². The van der Waals surface area contributed by atoms with Gasteiger partial charge < -0.3 is 0 Å². The number of benzene rings is 1. The summed E-state index contributed by atoms with van der Waals surface area (Å²) in [5.74, 6) is -0.141. The maximum absolute atomic E-state index is 12.0. The van der Waals surface area contributed by atoms with E-state index in [9.17, 15) is 14.9 Å². The van der Waals surface area contributed by atoms with Gasteiger partial charge in [-0.15, -0.1) is 0 Å². The van der Waals surface area contributed by atoms with Crippen molar-refractivity contribution in [2.45, 2.75) is 13.5 Å². The van der Waals surface area contributed by atoms with E-state index in [4.69, 9.17) is 0 Å². The molecule has 0 radical (unpaired) electrons. The SMILES string of the molecule is Cc1ccc[n+](CC(=O)c2ccc([N+](=O)[O-])cc2)n1. The lowest BCUT2D eigenvalue weighted by atomic mass is 10.1. The van der Waals surface area contributed by atoms with E-state index < -0.39 is 4.92 Å². The molecule has 0 saturated carbocycles. The van der Waals surface area contributed by atoms with Gasteiger partial charge in [0, 0.05) is 23.8 Å². The molecule has 96 valence electrons. The summed E-state index contributed by atoms with van der Waals surface area (Å²) in [7, 11) is 0. The second kappa shape index (κ2) is 5.34. The summed E-state index contributed by atoms with van der Waals surface area (Å²) in [6.07, 6.45) is 1.70. The summed E-state index contributed by atoms with van der Waals surface area (Å²) in [5, 5.41) is 14.7. The third-order valence-corrected chi connectivity index (χ3v) is 2.59. The van der Waals surface area contributed by atoms with Crippen molar-refractivity contribution in [3.8, 4) is 0 Å². The minimum absolute atomic E-state index is 0.0297. The van der Waals surface area contributed by atoms with Gasteiger partial charge in [-0.1, -0.05) is 4.68 Å². The van der Waals surface area contributed by atoms with Crippen molar-refractivity contribution in [2.24, 2.45) is 0 Å². The Morgan fingerprint density at radius 1 is 1.32 bits per heavy atom. The Bertz CT molecular complexity index is 623. The highest BCUT2D eigenvalue weighted by molar-refractivity contribution is 5.95. The molecule has 1 aromatic heterocycles. The standard InChI is InChI=1S/C13H12N3O3/c1-10-3-2-8-15(14-10)9-13(17)11-4-6-12(7-5-11)16(18)19/h2-8H,9H2,1H3/q+1. The third kappa shape index (κ3) is 3.19. The molecule has 6 nitrogen and oxygen atoms in total. The first-order valence-electron chi connectivity index (χ1n) is 5.67. The van der Waals surface area contributed by atoms with Crippen LogP contribution in [0.4, 0.5) is 5.69 Å². The first kappa shape index (κ1) is 12.8. The molecule has 19 heavy (non-hydrogen) atoms. The molecule has 0 bridgehead atoms. The van der Waals surface area contributed by atoms with Crippen LogP contribution in [0.5, 0.6) is 0 Å². The number of nitro benzene ring substituents is 1. The third-order valence-electron chi connectivity index (χ3n) is 2.59. The molecule has 0 aliphatic rings. The molecule has 2 rings (SSSR count). The largest absolute Gasteiger partial charge is 0.287 e. The molecule has 0 unspecified atom stereocenters. The highest BCUT2D eigenvalue weighted by Gasteiger charge is 2.15. The summed E-state index contributed by atoms with van der Waals surface area (Å²) >= 11 is 0. The summed E-state index contributed by atoms with van der Waals surface area (Å²) in [4.78, 5) is 22.0. The molecule has 0 spiro atoms. The molecule has 6 heteroatoms. The fourth-order valence-corrected chi connectivity index (χ4v) is 1.65. The van der Waals surface area contributed by atoms with E-state index in [0.29, 0.717) is 5.56 Å². The van der Waals surface area contributed by atoms with E-state index in [2.05, 4.69) is 5.10 Å². The van der Waals surface area contributed by atoms with Gasteiger partial charge in [0.25, 0.3) is 5.69 Å². The fourth-order valence-electron chi connectivity index (χ4n) is 1.65. The van der Waals surface area contributed by atoms with E-state index in [1.54, 1.807) is 10.9 Å². The second-order valence-electron chi connectivity index (χ2n) is 4.07. The van der Waals surface area contributed by atoms with Crippen molar-refractivity contribution in [1.29, 1.82) is 0 Å². The molecule has 2 aromatic rings. The molecular formula is C13H12N3O3+. The number of hydrogen-bond acceptors (Lipinski definition) is 4. The van der Waals surface area contributed by atoms with Crippen LogP contribution in [0.1, 0.15) is 16.1 Å². The molecule has 1 heterocycles. The topological polar surface area (TPSA) is 77.0 Å². The lowest BCUT2D eigenvalue weighted by molar-refractivity contribution is -0.741. The molecule has 0 N–H and O–H groups in total. The van der Waals surface area contributed by atoms with E-state index in [-0.39, 0.29) is 18.0 Å². The maximum atomic E-state index is 12.0. The monoisotopic (exact) mass is 258 g/mol. The van der Waals surface area contributed by atoms with E-state index in [0.717, 1.165) is 5.69 Å². The Balaban J connectivity index is 2.14. The van der Waals surface area contributed by atoms with Crippen molar-refractivity contribution in [2.75, 3.05) is 0 Å². The van der Waals surface area contributed by atoms with E-state index in [1.807, 2.05) is 19.1 Å². The number of carbonyl (C=O) groups excluding carboxylic acids is 1. The number of nitrogens with zero attached hydrogens (tertiary/aromatic N) is 3. The highest BCUT2D eigenvalue weighted by Crippen LogP contribution is 2.12. The molecule has 0 aliphatic heterocycles. The number of nitro groups is 1. The normalized spacial score (nSPS) is 10.2. The maximum Gasteiger partial charge on any atom is 0.269 e. The summed E-state index contributed by atoms with van der Waals surface area (Å²) < 4.78 is 1.54. The molecule has 0 saturated heterocycles. The van der Waals surface area contributed by atoms with Crippen molar-refractivity contribution in [3.05, 3.63) is 64.0 Å². The van der Waals surface area contributed by atoms with Crippen LogP contribution in [0.15, 0.2) is 42.6 Å². The van der Waals surface area contributed by atoms with Crippen LogP contribution in [-0.4, -0.2) is 15.8 Å². The average molecular weight is 258 g/mol. The lowest BCUT2D eigenvalue weighted by Gasteiger charge is -1.97. The Morgan fingerprint density at radius 2 is 2.00 bits per heavy atom. The minimum atomic E-state index is -0.495. The lowest BCUT2D eigenvalue weighted by Crippen LogP contribution is -2.41. The van der Waals surface area contributed by atoms with Crippen LogP contribution in [0, 0.1) is 17.0 Å². The van der Waals surface area contributed by atoms with Gasteiger partial charge in [0.15, 0.2) is 6.20 Å². The molecule has 0 amide bonds. The first-order chi connectivity index (χ1) is 9.06. The summed E-state index contributed by atoms with van der Waals surface area (Å²) in [6, 6.07) is 9.20. The summed E-state index contributed by atoms with van der Waals surface area (Å²) in [5.41, 5.74) is 1.22. The number of ketones is 1. The van der Waals surface area contributed by atoms with Crippen LogP contribution in [0.3, 0.4) is 0 Å². The number of non-ortho nitro benzene ring substituents is 1. The quantitative estimate of drug-likeness (QED) is 0.360. The fraction of sp³-hybridized carbons (Fsp3) is 0.154. The van der Waals surface area contributed by atoms with Gasteiger partial charge in [0.05, 0.1) is 4.92 Å². The van der Waals surface area contributed by atoms with Crippen molar-refractivity contribution in [1.82, 2.24) is 5.10 Å². The van der Waals surface area contributed by atoms with Gasteiger partial charge >= 0.3 is 0 Å². The number of rotatable bonds is 4. The number of carbonyl (C=O) groups is 1. The van der Waals surface area contributed by atoms with Gasteiger partial charge in [-0.25, -0.2) is 0 Å². The highest BCUT2D eigenvalue weighted by atomic mass is 16.6. The molecule has 0 atom stereocenters. The van der Waals surface area contributed by atoms with Crippen LogP contribution in [0.2, 0.25) is 0 Å². The number of aromatic nitrogens is 2. The van der Waals surface area contributed by atoms with Gasteiger partial charge in [0.2, 0.25) is 12.3 Å². The van der Waals surface area contributed by atoms with Crippen molar-refractivity contribution < 1.29 is 14.4 Å². The van der Waals surface area contributed by atoms with Gasteiger partial charge in [-0.2, -0.15) is 0 Å². The summed E-state index contributed by atoms with van der Waals surface area (Å²) in [6.45, 7) is 1.95. The zero-order valence-electron chi connectivity index (χ0n) is 10.3. The van der Waals surface area contributed by atoms with Crippen LogP contribution in [0.25, 0.3) is 0 Å². The zero-order chi connectivity index (χ0) is 13.8. The Morgan fingerprint density at radius 3 is 2.58 bits per heavy atom. The molecule has 0 aliphatic carbocycles. The first-order valence-corrected chi connectivity index (χ1v) is 5.67. The predicted molar refractivity (Wildman–Crippen MR) is 66.6 cm³/mol. The Labute approximate surface area is 109 Å². The minimum Gasteiger partial charge on any atom is -0.287 e. The van der Waals surface area contributed by atoms with E-state index >= 15 is 0 Å². The number of aryl methyl sites for hydroxylation is 1. The molecule has 1 aromatic carbocycles. The van der Waals surface area contributed by atoms with Crippen molar-refractivity contribution >= 4 is 11.5 Å². The number of Topliss-reactive ketones (excluding diaryl/α,β-unsaturated/α-hetero) is 1. The smallest absolute Gasteiger partial charge is 0.269 e. The molecule has 0 fully saturated rings. The van der Waals surface area contributed by atoms with Crippen LogP contribution in [-0.2, 0) is 6.54 Å². The van der Waals surface area contributed by atoms with Crippen LogP contribution >= 0.6 is 0 Å². The number of hydrogen-bond donors (Lipinski definition) is 0. The Hall–Kier alpha value is -2.63. The van der Waals surface area contributed by atoms with Gasteiger partial charge in [-0.3, -0.25) is 14.9 Å². The van der Waals surface area contributed by atoms with Crippen molar-refractivity contribution in [3.63, 3.8) is 0 Å². The zero-order valence-corrected chi connectivity index (χ0v) is 10.3.